The van der Waals surface area contributed by atoms with Gasteiger partial charge in [0, 0.05) is 24.8 Å². The fourth-order valence-corrected chi connectivity index (χ4v) is 2.26. The quantitative estimate of drug-likeness (QED) is 0.821. The number of likely N-dealkylation sites (N-methyl/N-ethyl adjacent to an activating group) is 1. The van der Waals surface area contributed by atoms with Gasteiger partial charge in [0.25, 0.3) is 5.56 Å². The summed E-state index contributed by atoms with van der Waals surface area (Å²) in [6, 6.07) is 3.88. The summed E-state index contributed by atoms with van der Waals surface area (Å²) in [6.45, 7) is 10.5. The number of hydrogen-bond acceptors (Lipinski definition) is 3. The zero-order valence-electron chi connectivity index (χ0n) is 12.1. The van der Waals surface area contributed by atoms with Gasteiger partial charge in [0.15, 0.2) is 0 Å². The van der Waals surface area contributed by atoms with E-state index in [0.29, 0.717) is 0 Å². The second-order valence-corrected chi connectivity index (χ2v) is 4.87. The summed E-state index contributed by atoms with van der Waals surface area (Å²) in [5.41, 5.74) is 3.51. The molecule has 2 aromatic rings. The maximum absolute atomic E-state index is 11.8. The van der Waals surface area contributed by atoms with Crippen molar-refractivity contribution in [2.45, 2.75) is 26.8 Å². The number of fused-ring (bicyclic) bond motifs is 1. The zero-order chi connectivity index (χ0) is 14.5. The minimum Gasteiger partial charge on any atom is -0.320 e. The van der Waals surface area contributed by atoms with Crippen molar-refractivity contribution in [2.24, 2.45) is 0 Å². The van der Waals surface area contributed by atoms with Crippen LogP contribution in [0.4, 0.5) is 0 Å². The van der Waals surface area contributed by atoms with Crippen LogP contribution in [-0.4, -0.2) is 28.0 Å². The molecular formula is C16H21N3O. The van der Waals surface area contributed by atoms with E-state index < -0.39 is 0 Å². The first-order valence-corrected chi connectivity index (χ1v) is 7.02. The van der Waals surface area contributed by atoms with Crippen LogP contribution < -0.4 is 5.56 Å². The molecule has 0 saturated carbocycles. The Morgan fingerprint density at radius 3 is 2.85 bits per heavy atom. The lowest BCUT2D eigenvalue weighted by molar-refractivity contribution is 0.311. The fraction of sp³-hybridized carbons (Fsp3) is 0.375. The Balaban J connectivity index is 2.33. The topological polar surface area (TPSA) is 49.0 Å². The monoisotopic (exact) mass is 271 g/mol. The van der Waals surface area contributed by atoms with Crippen molar-refractivity contribution in [3.05, 3.63) is 52.5 Å². The molecule has 0 aliphatic carbocycles. The number of pyridine rings is 2. The lowest BCUT2D eigenvalue weighted by Crippen LogP contribution is -2.22. The van der Waals surface area contributed by atoms with Gasteiger partial charge in [-0.05, 0) is 30.7 Å². The molecule has 0 saturated heterocycles. The third kappa shape index (κ3) is 3.14. The summed E-state index contributed by atoms with van der Waals surface area (Å²) >= 11 is 0. The number of aromatic nitrogens is 2. The maximum atomic E-state index is 11.8. The Hall–Kier alpha value is -1.94. The Labute approximate surface area is 119 Å². The summed E-state index contributed by atoms with van der Waals surface area (Å²) in [6.07, 6.45) is 4.50. The van der Waals surface area contributed by atoms with Crippen LogP contribution >= 0.6 is 0 Å². The van der Waals surface area contributed by atoms with E-state index in [1.165, 1.54) is 0 Å². The van der Waals surface area contributed by atoms with Gasteiger partial charge in [0.05, 0.1) is 11.0 Å². The van der Waals surface area contributed by atoms with Crippen LogP contribution in [0.15, 0.2) is 35.8 Å². The van der Waals surface area contributed by atoms with Crippen molar-refractivity contribution in [1.29, 1.82) is 0 Å². The van der Waals surface area contributed by atoms with Gasteiger partial charge < -0.3 is 4.98 Å². The molecule has 0 unspecified atom stereocenters. The van der Waals surface area contributed by atoms with E-state index >= 15 is 0 Å². The molecule has 1 N–H and O–H groups in total. The first-order valence-electron chi connectivity index (χ1n) is 7.02. The molecule has 2 aromatic heterocycles. The highest BCUT2D eigenvalue weighted by atomic mass is 16.1. The molecule has 0 aliphatic rings. The molecule has 0 amide bonds. The van der Waals surface area contributed by atoms with Crippen LogP contribution in [0.3, 0.4) is 0 Å². The van der Waals surface area contributed by atoms with Gasteiger partial charge in [-0.3, -0.25) is 14.7 Å². The van der Waals surface area contributed by atoms with Gasteiger partial charge in [0.1, 0.15) is 0 Å². The highest BCUT2D eigenvalue weighted by molar-refractivity contribution is 5.74. The van der Waals surface area contributed by atoms with E-state index in [0.717, 1.165) is 48.2 Å². The number of nitrogens with zero attached hydrogens (tertiary/aromatic N) is 2. The van der Waals surface area contributed by atoms with Gasteiger partial charge in [0.2, 0.25) is 0 Å². The van der Waals surface area contributed by atoms with Crippen molar-refractivity contribution in [1.82, 2.24) is 14.9 Å². The minimum atomic E-state index is -0.0163. The number of rotatable bonds is 6. The standard InChI is InChI=1S/C16H21N3O/c1-4-7-19(6-3)11-12-8-15-14(17-10-12)9-13(5-2)16(20)18-15/h4,8-10H,1,5-7,11H2,2-3H3,(H,18,20). The predicted molar refractivity (Wildman–Crippen MR) is 82.9 cm³/mol. The fourth-order valence-electron chi connectivity index (χ4n) is 2.26. The number of hydrogen-bond donors (Lipinski definition) is 1. The summed E-state index contributed by atoms with van der Waals surface area (Å²) in [4.78, 5) is 21.5. The number of nitrogens with one attached hydrogen (secondary N) is 1. The van der Waals surface area contributed by atoms with E-state index in [-0.39, 0.29) is 5.56 Å². The molecule has 2 rings (SSSR count). The third-order valence-corrected chi connectivity index (χ3v) is 3.45. The van der Waals surface area contributed by atoms with E-state index in [1.54, 1.807) is 0 Å². The normalized spacial score (nSPS) is 11.2. The lowest BCUT2D eigenvalue weighted by Gasteiger charge is -2.18. The van der Waals surface area contributed by atoms with Crippen LogP contribution in [0.25, 0.3) is 11.0 Å². The average Bonchev–Trinajstić information content (AvgIpc) is 2.46. The second kappa shape index (κ2) is 6.48. The van der Waals surface area contributed by atoms with E-state index in [9.17, 15) is 4.79 Å². The summed E-state index contributed by atoms with van der Waals surface area (Å²) in [7, 11) is 0. The molecule has 0 atom stereocenters. The van der Waals surface area contributed by atoms with E-state index in [2.05, 4.69) is 28.4 Å². The highest BCUT2D eigenvalue weighted by Gasteiger charge is 2.06. The molecule has 4 heteroatoms. The van der Waals surface area contributed by atoms with Crippen molar-refractivity contribution in [2.75, 3.05) is 13.1 Å². The number of aryl methyl sites for hydroxylation is 1. The molecule has 0 bridgehead atoms. The van der Waals surface area contributed by atoms with Gasteiger partial charge >= 0.3 is 0 Å². The number of H-pyrrole nitrogens is 1. The van der Waals surface area contributed by atoms with Crippen LogP contribution in [0.2, 0.25) is 0 Å². The Bertz CT molecular complexity index is 660. The smallest absolute Gasteiger partial charge is 0.251 e. The minimum absolute atomic E-state index is 0.0163. The largest absolute Gasteiger partial charge is 0.320 e. The van der Waals surface area contributed by atoms with Gasteiger partial charge in [-0.25, -0.2) is 0 Å². The number of aromatic amines is 1. The summed E-state index contributed by atoms with van der Waals surface area (Å²) in [5, 5.41) is 0. The zero-order valence-corrected chi connectivity index (χ0v) is 12.1. The predicted octanol–water partition coefficient (Wildman–Crippen LogP) is 2.49. The molecular weight excluding hydrogens is 250 g/mol. The second-order valence-electron chi connectivity index (χ2n) is 4.87. The van der Waals surface area contributed by atoms with Crippen molar-refractivity contribution in [3.63, 3.8) is 0 Å². The molecule has 20 heavy (non-hydrogen) atoms. The first-order chi connectivity index (χ1) is 9.67. The lowest BCUT2D eigenvalue weighted by atomic mass is 10.1. The Morgan fingerprint density at radius 1 is 1.40 bits per heavy atom. The van der Waals surface area contributed by atoms with Gasteiger partial charge in [-0.2, -0.15) is 0 Å². The van der Waals surface area contributed by atoms with Crippen LogP contribution in [-0.2, 0) is 13.0 Å². The highest BCUT2D eigenvalue weighted by Crippen LogP contribution is 2.12. The molecule has 0 aromatic carbocycles. The SMILES string of the molecule is C=CCN(CC)Cc1cnc2cc(CC)c(=O)[nH]c2c1. The molecule has 4 nitrogen and oxygen atoms in total. The van der Waals surface area contributed by atoms with Crippen LogP contribution in [0, 0.1) is 0 Å². The Morgan fingerprint density at radius 2 is 2.20 bits per heavy atom. The van der Waals surface area contributed by atoms with Crippen molar-refractivity contribution < 1.29 is 0 Å². The van der Waals surface area contributed by atoms with Crippen LogP contribution in [0.5, 0.6) is 0 Å². The Kier molecular flexibility index (Phi) is 4.69. The molecule has 0 aliphatic heterocycles. The van der Waals surface area contributed by atoms with E-state index in [1.807, 2.05) is 31.3 Å². The molecule has 106 valence electrons. The van der Waals surface area contributed by atoms with Gasteiger partial charge in [-0.1, -0.05) is 19.9 Å². The molecule has 2 heterocycles. The van der Waals surface area contributed by atoms with Crippen molar-refractivity contribution in [3.8, 4) is 0 Å². The van der Waals surface area contributed by atoms with E-state index in [4.69, 9.17) is 0 Å². The van der Waals surface area contributed by atoms with Crippen LogP contribution in [0.1, 0.15) is 25.0 Å². The third-order valence-electron chi connectivity index (χ3n) is 3.45. The summed E-state index contributed by atoms with van der Waals surface area (Å²) in [5.74, 6) is 0. The molecule has 0 radical (unpaired) electrons. The molecule has 0 fully saturated rings. The van der Waals surface area contributed by atoms with Crippen molar-refractivity contribution >= 4 is 11.0 Å². The average molecular weight is 271 g/mol. The molecule has 0 spiro atoms. The van der Waals surface area contributed by atoms with Gasteiger partial charge in [-0.15, -0.1) is 6.58 Å². The summed E-state index contributed by atoms with van der Waals surface area (Å²) < 4.78 is 0. The first kappa shape index (κ1) is 14.5. The maximum Gasteiger partial charge on any atom is 0.251 e.